The number of anilines is 1. The molecule has 0 aliphatic rings. The first-order valence-electron chi connectivity index (χ1n) is 10.9. The Morgan fingerprint density at radius 3 is 2.35 bits per heavy atom. The van der Waals surface area contributed by atoms with Gasteiger partial charge in [0.25, 0.3) is 8.32 Å². The van der Waals surface area contributed by atoms with Crippen molar-refractivity contribution in [1.29, 1.82) is 0 Å². The molecule has 0 saturated heterocycles. The Balaban J connectivity index is 1.75. The van der Waals surface area contributed by atoms with Crippen molar-refractivity contribution >= 4 is 31.9 Å². The molecule has 0 radical (unpaired) electrons. The number of primary amides is 1. The van der Waals surface area contributed by atoms with E-state index in [0.717, 1.165) is 16.8 Å². The Labute approximate surface area is 205 Å². The second-order valence-corrected chi connectivity index (χ2v) is 15.1. The van der Waals surface area contributed by atoms with Gasteiger partial charge in [0.1, 0.15) is 11.0 Å². The van der Waals surface area contributed by atoms with Crippen LogP contribution in [0.4, 0.5) is 5.69 Å². The minimum Gasteiger partial charge on any atom is -0.541 e. The zero-order chi connectivity index (χ0) is 25.1. The Morgan fingerprint density at radius 2 is 1.82 bits per heavy atom. The van der Waals surface area contributed by atoms with E-state index >= 15 is 0 Å². The molecular weight excluding hydrogens is 468 g/mol. The van der Waals surface area contributed by atoms with Crippen LogP contribution in [0.5, 0.6) is 11.5 Å². The van der Waals surface area contributed by atoms with Gasteiger partial charge in [0.05, 0.1) is 7.11 Å². The van der Waals surface area contributed by atoms with Gasteiger partial charge in [-0.3, -0.25) is 4.79 Å². The van der Waals surface area contributed by atoms with E-state index in [1.54, 1.807) is 14.0 Å². The van der Waals surface area contributed by atoms with Crippen molar-refractivity contribution in [2.45, 2.75) is 51.1 Å². The smallest absolute Gasteiger partial charge is 0.250 e. The molecule has 0 aliphatic carbocycles. The SMILES string of the molecule is COc1cc(C(SNc2ccc(-c3noc(C)n3)cc2)C(N)=O)ccc1O[Si](C)(C)C(C)(C)C. The summed E-state index contributed by atoms with van der Waals surface area (Å²) in [5.74, 6) is 1.82. The van der Waals surface area contributed by atoms with Gasteiger partial charge in [-0.05, 0) is 72.0 Å². The summed E-state index contributed by atoms with van der Waals surface area (Å²) in [5.41, 5.74) is 8.10. The van der Waals surface area contributed by atoms with Crippen LogP contribution in [-0.4, -0.2) is 31.5 Å². The largest absolute Gasteiger partial charge is 0.541 e. The molecule has 0 bridgehead atoms. The molecule has 1 aromatic heterocycles. The fourth-order valence-corrected chi connectivity index (χ4v) is 4.69. The number of aromatic nitrogens is 2. The molecule has 0 aliphatic heterocycles. The minimum atomic E-state index is -2.05. The third kappa shape index (κ3) is 5.92. The van der Waals surface area contributed by atoms with Gasteiger partial charge in [0, 0.05) is 18.2 Å². The monoisotopic (exact) mass is 500 g/mol. The molecular formula is C24H32N4O4SSi. The molecule has 8 nitrogen and oxygen atoms in total. The molecule has 10 heteroatoms. The number of carbonyl (C=O) groups is 1. The molecule has 34 heavy (non-hydrogen) atoms. The number of rotatable bonds is 9. The maximum atomic E-state index is 12.3. The molecule has 1 atom stereocenters. The zero-order valence-corrected chi connectivity index (χ0v) is 22.4. The molecule has 3 N–H and O–H groups in total. The van der Waals surface area contributed by atoms with Gasteiger partial charge in [0.2, 0.25) is 17.6 Å². The predicted molar refractivity (Wildman–Crippen MR) is 138 cm³/mol. The Bertz CT molecular complexity index is 1140. The van der Waals surface area contributed by atoms with Gasteiger partial charge in [-0.2, -0.15) is 4.98 Å². The van der Waals surface area contributed by atoms with Gasteiger partial charge < -0.3 is 24.1 Å². The van der Waals surface area contributed by atoms with Crippen LogP contribution in [0, 0.1) is 6.92 Å². The minimum absolute atomic E-state index is 0.0460. The first kappa shape index (κ1) is 25.6. The molecule has 1 unspecified atom stereocenters. The second kappa shape index (κ2) is 10.1. The molecule has 1 heterocycles. The maximum absolute atomic E-state index is 12.3. The van der Waals surface area contributed by atoms with Gasteiger partial charge in [0.15, 0.2) is 5.75 Å². The van der Waals surface area contributed by atoms with Crippen molar-refractivity contribution in [2.75, 3.05) is 11.8 Å². The van der Waals surface area contributed by atoms with E-state index in [1.165, 1.54) is 11.9 Å². The van der Waals surface area contributed by atoms with Crippen LogP contribution >= 0.6 is 11.9 Å². The number of hydrogen-bond donors (Lipinski definition) is 2. The summed E-state index contributed by atoms with van der Waals surface area (Å²) >= 11 is 1.22. The molecule has 0 fully saturated rings. The van der Waals surface area contributed by atoms with Crippen LogP contribution in [0.15, 0.2) is 47.0 Å². The van der Waals surface area contributed by atoms with Crippen LogP contribution in [-0.2, 0) is 4.79 Å². The van der Waals surface area contributed by atoms with E-state index in [1.807, 2.05) is 42.5 Å². The summed E-state index contributed by atoms with van der Waals surface area (Å²) in [6, 6.07) is 13.0. The second-order valence-electron chi connectivity index (χ2n) is 9.49. The van der Waals surface area contributed by atoms with Gasteiger partial charge in [-0.1, -0.05) is 32.0 Å². The Kier molecular flexibility index (Phi) is 7.62. The fourth-order valence-electron chi connectivity index (χ4n) is 2.88. The number of methoxy groups -OCH3 is 1. The average molecular weight is 501 g/mol. The Morgan fingerprint density at radius 1 is 1.15 bits per heavy atom. The van der Waals surface area contributed by atoms with E-state index < -0.39 is 19.5 Å². The van der Waals surface area contributed by atoms with E-state index in [-0.39, 0.29) is 5.04 Å². The number of ether oxygens (including phenoxy) is 1. The van der Waals surface area contributed by atoms with E-state index in [0.29, 0.717) is 23.2 Å². The number of hydrogen-bond acceptors (Lipinski definition) is 8. The van der Waals surface area contributed by atoms with Gasteiger partial charge >= 0.3 is 0 Å². The van der Waals surface area contributed by atoms with Gasteiger partial charge in [-0.25, -0.2) is 0 Å². The fraction of sp³-hybridized carbons (Fsp3) is 0.375. The van der Waals surface area contributed by atoms with Crippen LogP contribution in [0.2, 0.25) is 18.1 Å². The lowest BCUT2D eigenvalue weighted by Crippen LogP contribution is -2.43. The summed E-state index contributed by atoms with van der Waals surface area (Å²) in [5, 5.41) is 3.34. The van der Waals surface area contributed by atoms with Crippen LogP contribution in [0.3, 0.4) is 0 Å². The number of carbonyl (C=O) groups excluding carboxylic acids is 1. The first-order chi connectivity index (χ1) is 15.9. The van der Waals surface area contributed by atoms with Crippen molar-refractivity contribution in [3.05, 3.63) is 53.9 Å². The lowest BCUT2D eigenvalue weighted by atomic mass is 10.1. The summed E-state index contributed by atoms with van der Waals surface area (Å²) in [6.07, 6.45) is 0. The third-order valence-electron chi connectivity index (χ3n) is 5.89. The highest BCUT2D eigenvalue weighted by molar-refractivity contribution is 8.01. The number of nitrogens with zero attached hydrogens (tertiary/aromatic N) is 2. The number of nitrogens with two attached hydrogens (primary N) is 1. The van der Waals surface area contributed by atoms with Crippen molar-refractivity contribution in [1.82, 2.24) is 10.1 Å². The third-order valence-corrected chi connectivity index (χ3v) is 11.3. The van der Waals surface area contributed by atoms with Crippen molar-refractivity contribution in [3.63, 3.8) is 0 Å². The molecule has 3 aromatic rings. The van der Waals surface area contributed by atoms with Crippen LogP contribution in [0.25, 0.3) is 11.4 Å². The molecule has 2 aromatic carbocycles. The first-order valence-corrected chi connectivity index (χ1v) is 14.7. The normalized spacial score (nSPS) is 12.8. The topological polar surface area (TPSA) is 113 Å². The van der Waals surface area contributed by atoms with E-state index in [9.17, 15) is 4.79 Å². The van der Waals surface area contributed by atoms with E-state index in [4.69, 9.17) is 19.4 Å². The lowest BCUT2D eigenvalue weighted by Gasteiger charge is -2.36. The standard InChI is InChI=1S/C24H32N4O4SSi/c1-15-26-23(27-31-15)16-8-11-18(12-9-16)28-33-21(22(25)29)17-10-13-19(20(14-17)30-5)32-34(6,7)24(2,3)4/h8-14,21,28H,1-7H3,(H2,25,29). The molecule has 0 saturated carbocycles. The quantitative estimate of drug-likeness (QED) is 0.283. The van der Waals surface area contributed by atoms with Gasteiger partial charge in [-0.15, -0.1) is 0 Å². The molecule has 0 spiro atoms. The molecule has 3 rings (SSSR count). The highest BCUT2D eigenvalue weighted by atomic mass is 32.2. The highest BCUT2D eigenvalue weighted by Crippen LogP contribution is 2.41. The van der Waals surface area contributed by atoms with E-state index in [2.05, 4.69) is 48.7 Å². The summed E-state index contributed by atoms with van der Waals surface area (Å²) in [7, 11) is -0.459. The highest BCUT2D eigenvalue weighted by Gasteiger charge is 2.39. The van der Waals surface area contributed by atoms with Crippen LogP contribution < -0.4 is 19.6 Å². The number of benzene rings is 2. The number of aryl methyl sites for hydroxylation is 1. The van der Waals surface area contributed by atoms with Crippen LogP contribution in [0.1, 0.15) is 37.5 Å². The predicted octanol–water partition coefficient (Wildman–Crippen LogP) is 5.72. The van der Waals surface area contributed by atoms with Crippen molar-refractivity contribution < 1.29 is 18.5 Å². The summed E-state index contributed by atoms with van der Waals surface area (Å²) < 4.78 is 20.2. The average Bonchev–Trinajstić information content (AvgIpc) is 3.20. The summed E-state index contributed by atoms with van der Waals surface area (Å²) in [6.45, 7) is 12.6. The van der Waals surface area contributed by atoms with Crippen molar-refractivity contribution in [3.8, 4) is 22.9 Å². The van der Waals surface area contributed by atoms with Crippen molar-refractivity contribution in [2.24, 2.45) is 5.73 Å². The zero-order valence-electron chi connectivity index (χ0n) is 20.6. The number of nitrogens with one attached hydrogen (secondary N) is 1. The lowest BCUT2D eigenvalue weighted by molar-refractivity contribution is -0.117. The number of amides is 1. The molecule has 182 valence electrons. The Hall–Kier alpha value is -2.98. The summed E-state index contributed by atoms with van der Waals surface area (Å²) in [4.78, 5) is 16.5. The maximum Gasteiger partial charge on any atom is 0.250 e. The molecule has 1 amide bonds.